The molecule has 4 rings (SSSR count). The van der Waals surface area contributed by atoms with E-state index >= 15 is 0 Å². The van der Waals surface area contributed by atoms with Gasteiger partial charge in [-0.15, -0.1) is 0 Å². The number of rotatable bonds is 5. The molecule has 1 amide bonds. The minimum Gasteiger partial charge on any atom is -0.493 e. The van der Waals surface area contributed by atoms with Gasteiger partial charge < -0.3 is 24.6 Å². The molecule has 1 aromatic carbocycles. The minimum absolute atomic E-state index is 0.0453. The summed E-state index contributed by atoms with van der Waals surface area (Å²) in [6.07, 6.45) is -3.80. The van der Waals surface area contributed by atoms with Crippen molar-refractivity contribution < 1.29 is 32.0 Å². The smallest absolute Gasteiger partial charge is 0.410 e. The van der Waals surface area contributed by atoms with Gasteiger partial charge in [-0.1, -0.05) is 11.2 Å². The van der Waals surface area contributed by atoms with Gasteiger partial charge in [0.15, 0.2) is 23.4 Å². The van der Waals surface area contributed by atoms with Crippen molar-refractivity contribution >= 4 is 17.5 Å². The highest BCUT2D eigenvalue weighted by molar-refractivity contribution is 6.07. The van der Waals surface area contributed by atoms with Crippen LogP contribution in [0.15, 0.2) is 35.0 Å². The van der Waals surface area contributed by atoms with Crippen LogP contribution in [0.2, 0.25) is 0 Å². The Bertz CT molecular complexity index is 1140. The topological polar surface area (TPSA) is 103 Å². The van der Waals surface area contributed by atoms with Crippen LogP contribution in [-0.2, 0) is 0 Å². The first-order valence-corrected chi connectivity index (χ1v) is 9.58. The lowest BCUT2D eigenvalue weighted by molar-refractivity contribution is -0.173. The van der Waals surface area contributed by atoms with Gasteiger partial charge in [0.05, 0.1) is 26.5 Å². The van der Waals surface area contributed by atoms with E-state index in [0.29, 0.717) is 22.8 Å². The second-order valence-electron chi connectivity index (χ2n) is 7.23. The molecule has 32 heavy (non-hydrogen) atoms. The van der Waals surface area contributed by atoms with Gasteiger partial charge in [0, 0.05) is 12.5 Å². The van der Waals surface area contributed by atoms with E-state index in [0.717, 1.165) is 10.9 Å². The Kier molecular flexibility index (Phi) is 5.45. The van der Waals surface area contributed by atoms with Crippen LogP contribution in [0.1, 0.15) is 40.2 Å². The maximum absolute atomic E-state index is 13.9. The molecule has 0 unspecified atom stereocenters. The Labute approximate surface area is 180 Å². The molecule has 12 heteroatoms. The van der Waals surface area contributed by atoms with Gasteiger partial charge in [-0.25, -0.2) is 4.68 Å². The largest absolute Gasteiger partial charge is 0.493 e. The molecule has 0 radical (unpaired) electrons. The number of carbonyl (C=O) groups excluding carboxylic acids is 1. The van der Waals surface area contributed by atoms with Crippen molar-refractivity contribution in [3.8, 4) is 11.5 Å². The third-order valence-electron chi connectivity index (χ3n) is 5.16. The number of nitrogens with zero attached hydrogens (tertiary/aromatic N) is 3. The lowest BCUT2D eigenvalue weighted by atomic mass is 9.96. The maximum Gasteiger partial charge on any atom is 0.410 e. The number of anilines is 2. The highest BCUT2D eigenvalue weighted by Crippen LogP contribution is 2.45. The molecule has 2 N–H and O–H groups in total. The fraction of sp³-hybridized carbons (Fsp3) is 0.350. The number of halogens is 3. The molecular weight excluding hydrogens is 431 g/mol. The normalized spacial score (nSPS) is 17.9. The minimum atomic E-state index is -4.57. The van der Waals surface area contributed by atoms with Crippen LogP contribution in [-0.4, -0.2) is 41.2 Å². The Morgan fingerprint density at radius 3 is 2.62 bits per heavy atom. The summed E-state index contributed by atoms with van der Waals surface area (Å²) < 4.78 is 57.8. The molecule has 2 aromatic heterocycles. The lowest BCUT2D eigenvalue weighted by Crippen LogP contribution is -2.36. The number of carbonyl (C=O) groups is 1. The van der Waals surface area contributed by atoms with Gasteiger partial charge >= 0.3 is 6.18 Å². The summed E-state index contributed by atoms with van der Waals surface area (Å²) in [5.41, 5.74) is 0.493. The monoisotopic (exact) mass is 451 g/mol. The molecule has 170 valence electrons. The number of fused-ring (bicyclic) bond motifs is 1. The third-order valence-corrected chi connectivity index (χ3v) is 5.16. The Hall–Kier alpha value is -3.70. The number of nitrogens with one attached hydrogen (secondary N) is 2. The Morgan fingerprint density at radius 1 is 1.25 bits per heavy atom. The van der Waals surface area contributed by atoms with Crippen molar-refractivity contribution in [2.75, 3.05) is 24.9 Å². The molecular formula is C20H20F3N5O4. The molecule has 2 atom stereocenters. The molecule has 0 bridgehead atoms. The predicted octanol–water partition coefficient (Wildman–Crippen LogP) is 4.11. The summed E-state index contributed by atoms with van der Waals surface area (Å²) in [6, 6.07) is 3.68. The second-order valence-corrected chi connectivity index (χ2v) is 7.23. The highest BCUT2D eigenvalue weighted by Gasteiger charge is 2.47. The number of aromatic nitrogens is 3. The number of amides is 1. The zero-order valence-electron chi connectivity index (χ0n) is 17.4. The maximum atomic E-state index is 13.9. The first-order chi connectivity index (χ1) is 15.2. The molecule has 0 fully saturated rings. The van der Waals surface area contributed by atoms with E-state index in [-0.39, 0.29) is 23.6 Å². The summed E-state index contributed by atoms with van der Waals surface area (Å²) in [4.78, 5) is 12.7. The van der Waals surface area contributed by atoms with E-state index in [2.05, 4.69) is 20.9 Å². The van der Waals surface area contributed by atoms with Crippen LogP contribution in [0.25, 0.3) is 0 Å². The van der Waals surface area contributed by atoms with Gasteiger partial charge in [0.1, 0.15) is 17.1 Å². The van der Waals surface area contributed by atoms with Crippen LogP contribution in [0.3, 0.4) is 0 Å². The van der Waals surface area contributed by atoms with Gasteiger partial charge in [0.2, 0.25) is 0 Å². The van der Waals surface area contributed by atoms with Crippen molar-refractivity contribution in [2.45, 2.75) is 31.6 Å². The summed E-state index contributed by atoms with van der Waals surface area (Å²) in [5.74, 6) is 0.742. The fourth-order valence-corrected chi connectivity index (χ4v) is 3.63. The quantitative estimate of drug-likeness (QED) is 0.602. The van der Waals surface area contributed by atoms with E-state index in [1.165, 1.54) is 20.3 Å². The van der Waals surface area contributed by atoms with Crippen molar-refractivity contribution in [2.24, 2.45) is 0 Å². The summed E-state index contributed by atoms with van der Waals surface area (Å²) in [5, 5.41) is 13.0. The molecule has 9 nitrogen and oxygen atoms in total. The van der Waals surface area contributed by atoms with Crippen molar-refractivity contribution in [3.05, 3.63) is 47.3 Å². The molecule has 3 aromatic rings. The number of benzene rings is 1. The molecule has 0 saturated carbocycles. The van der Waals surface area contributed by atoms with Gasteiger partial charge in [-0.2, -0.15) is 18.3 Å². The van der Waals surface area contributed by atoms with Gasteiger partial charge in [0.25, 0.3) is 5.91 Å². The van der Waals surface area contributed by atoms with Crippen LogP contribution in [0, 0.1) is 6.92 Å². The van der Waals surface area contributed by atoms with E-state index in [1.807, 2.05) is 0 Å². The van der Waals surface area contributed by atoms with Crippen LogP contribution in [0.5, 0.6) is 11.5 Å². The van der Waals surface area contributed by atoms with E-state index in [4.69, 9.17) is 14.0 Å². The van der Waals surface area contributed by atoms with Crippen molar-refractivity contribution in [1.29, 1.82) is 0 Å². The zero-order chi connectivity index (χ0) is 23.0. The Balaban J connectivity index is 1.70. The number of hydrogen-bond acceptors (Lipinski definition) is 7. The highest BCUT2D eigenvalue weighted by atomic mass is 19.4. The average Bonchev–Trinajstić information content (AvgIpc) is 3.37. The van der Waals surface area contributed by atoms with Gasteiger partial charge in [-0.3, -0.25) is 4.79 Å². The van der Waals surface area contributed by atoms with E-state index in [9.17, 15) is 18.0 Å². The molecule has 0 aliphatic carbocycles. The first kappa shape index (κ1) is 21.5. The molecule has 0 spiro atoms. The van der Waals surface area contributed by atoms with Crippen molar-refractivity contribution in [1.82, 2.24) is 14.9 Å². The zero-order valence-corrected chi connectivity index (χ0v) is 17.4. The summed E-state index contributed by atoms with van der Waals surface area (Å²) in [7, 11) is 2.91. The standard InChI is InChI=1S/C20H20F3N5O4/c1-10-6-17(27-32-10)26-19(29)12-9-24-28-16(20(21,22)23)8-13(25-18(12)28)11-4-5-14(30-2)15(7-11)31-3/h4-7,9,13,16,25H,8H2,1-3H3,(H,26,27,29)/t13-,16+/m0/s1. The molecule has 3 heterocycles. The lowest BCUT2D eigenvalue weighted by Gasteiger charge is -2.34. The molecule has 0 saturated heterocycles. The van der Waals surface area contributed by atoms with E-state index < -0.39 is 24.2 Å². The first-order valence-electron chi connectivity index (χ1n) is 9.58. The fourth-order valence-electron chi connectivity index (χ4n) is 3.63. The SMILES string of the molecule is COc1ccc([C@@H]2C[C@H](C(F)(F)F)n3ncc(C(=O)Nc4cc(C)on4)c3N2)cc1OC. The Morgan fingerprint density at radius 2 is 2.00 bits per heavy atom. The number of methoxy groups -OCH3 is 2. The summed E-state index contributed by atoms with van der Waals surface area (Å²) in [6.45, 7) is 1.65. The van der Waals surface area contributed by atoms with Crippen LogP contribution < -0.4 is 20.1 Å². The van der Waals surface area contributed by atoms with Crippen molar-refractivity contribution in [3.63, 3.8) is 0 Å². The van der Waals surface area contributed by atoms with Gasteiger partial charge in [-0.05, 0) is 24.6 Å². The third kappa shape index (κ3) is 3.95. The van der Waals surface area contributed by atoms with Crippen LogP contribution in [0.4, 0.5) is 24.8 Å². The average molecular weight is 451 g/mol. The van der Waals surface area contributed by atoms with Crippen LogP contribution >= 0.6 is 0 Å². The molecule has 1 aliphatic rings. The summed E-state index contributed by atoms with van der Waals surface area (Å²) >= 11 is 0. The predicted molar refractivity (Wildman–Crippen MR) is 107 cm³/mol. The second kappa shape index (κ2) is 8.09. The number of aryl methyl sites for hydroxylation is 1. The molecule has 1 aliphatic heterocycles. The number of ether oxygens (including phenoxy) is 2. The van der Waals surface area contributed by atoms with E-state index in [1.54, 1.807) is 25.1 Å². The number of hydrogen-bond donors (Lipinski definition) is 2. The number of alkyl halides is 3.